The fourth-order valence-electron chi connectivity index (χ4n) is 2.83. The van der Waals surface area contributed by atoms with E-state index < -0.39 is 10.8 Å². The molecule has 1 N–H and O–H groups in total. The van der Waals surface area contributed by atoms with E-state index in [0.29, 0.717) is 5.69 Å². The van der Waals surface area contributed by atoms with Gasteiger partial charge in [-0.25, -0.2) is 0 Å². The molecular weight excluding hydrogens is 322 g/mol. The molecule has 1 heterocycles. The number of nitrogens with one attached hydrogen (secondary N) is 1. The third-order valence-electron chi connectivity index (χ3n) is 4.27. The molecule has 1 aliphatic heterocycles. The highest BCUT2D eigenvalue weighted by molar-refractivity contribution is 6.03. The molecule has 0 bridgehead atoms. The number of rotatable bonds is 4. The molecule has 0 aromatic heterocycles. The quantitative estimate of drug-likeness (QED) is 0.685. The fourth-order valence-corrected chi connectivity index (χ4v) is 2.83. The van der Waals surface area contributed by atoms with Crippen LogP contribution >= 0.6 is 0 Å². The topological polar surface area (TPSA) is 92.6 Å². The first-order valence-electron chi connectivity index (χ1n) is 7.87. The predicted octanol–water partition coefficient (Wildman–Crippen LogP) is 2.89. The first-order chi connectivity index (χ1) is 12.0. The number of anilines is 2. The molecule has 1 atom stereocenters. The van der Waals surface area contributed by atoms with E-state index in [0.717, 1.165) is 11.3 Å². The number of carbonyl (C=O) groups excluding carboxylic acids is 2. The van der Waals surface area contributed by atoms with Gasteiger partial charge in [0, 0.05) is 36.5 Å². The lowest BCUT2D eigenvalue weighted by Crippen LogP contribution is -2.28. The zero-order valence-electron chi connectivity index (χ0n) is 13.6. The van der Waals surface area contributed by atoms with Crippen LogP contribution in [0.3, 0.4) is 0 Å². The molecule has 7 nitrogen and oxygen atoms in total. The lowest BCUT2D eigenvalue weighted by Gasteiger charge is -2.16. The van der Waals surface area contributed by atoms with Gasteiger partial charge in [-0.2, -0.15) is 0 Å². The molecule has 0 saturated carbocycles. The number of amides is 2. The van der Waals surface area contributed by atoms with Crippen molar-refractivity contribution in [1.29, 1.82) is 0 Å². The molecule has 0 radical (unpaired) electrons. The van der Waals surface area contributed by atoms with Crippen LogP contribution in [0.1, 0.15) is 12.0 Å². The lowest BCUT2D eigenvalue weighted by atomic mass is 10.1. The number of benzene rings is 2. The molecule has 128 valence electrons. The van der Waals surface area contributed by atoms with Gasteiger partial charge in [0.05, 0.1) is 10.8 Å². The number of nitrogens with zero attached hydrogens (tertiary/aromatic N) is 2. The summed E-state index contributed by atoms with van der Waals surface area (Å²) in [7, 11) is 0. The molecule has 25 heavy (non-hydrogen) atoms. The Morgan fingerprint density at radius 3 is 2.52 bits per heavy atom. The van der Waals surface area contributed by atoms with Gasteiger partial charge in [-0.15, -0.1) is 0 Å². The van der Waals surface area contributed by atoms with Crippen molar-refractivity contribution in [3.8, 4) is 0 Å². The van der Waals surface area contributed by atoms with Crippen LogP contribution in [-0.4, -0.2) is 23.3 Å². The minimum atomic E-state index is -0.492. The first kappa shape index (κ1) is 16.6. The maximum atomic E-state index is 12.5. The van der Waals surface area contributed by atoms with Gasteiger partial charge in [-0.1, -0.05) is 18.2 Å². The van der Waals surface area contributed by atoms with Gasteiger partial charge in [-0.05, 0) is 30.7 Å². The Kier molecular flexibility index (Phi) is 4.47. The number of para-hydroxylation sites is 1. The summed E-state index contributed by atoms with van der Waals surface area (Å²) in [6.45, 7) is 2.16. The van der Waals surface area contributed by atoms with E-state index in [4.69, 9.17) is 0 Å². The van der Waals surface area contributed by atoms with Crippen LogP contribution in [0.5, 0.6) is 0 Å². The Balaban J connectivity index is 1.70. The van der Waals surface area contributed by atoms with Crippen LogP contribution in [-0.2, 0) is 9.59 Å². The molecule has 1 saturated heterocycles. The highest BCUT2D eigenvalue weighted by Gasteiger charge is 2.35. The Hall–Kier alpha value is -3.22. The minimum Gasteiger partial charge on any atom is -0.326 e. The summed E-state index contributed by atoms with van der Waals surface area (Å²) in [5.74, 6) is -0.826. The van der Waals surface area contributed by atoms with Crippen LogP contribution < -0.4 is 10.2 Å². The summed E-state index contributed by atoms with van der Waals surface area (Å²) in [5.41, 5.74) is 2.20. The third-order valence-corrected chi connectivity index (χ3v) is 4.27. The fraction of sp³-hybridized carbons (Fsp3) is 0.222. The van der Waals surface area contributed by atoms with Gasteiger partial charge in [0.15, 0.2) is 0 Å². The summed E-state index contributed by atoms with van der Waals surface area (Å²) in [4.78, 5) is 36.4. The summed E-state index contributed by atoms with van der Waals surface area (Å²) >= 11 is 0. The predicted molar refractivity (Wildman–Crippen MR) is 93.4 cm³/mol. The lowest BCUT2D eigenvalue weighted by molar-refractivity contribution is -0.384. The molecule has 7 heteroatoms. The van der Waals surface area contributed by atoms with Crippen molar-refractivity contribution in [2.24, 2.45) is 5.92 Å². The highest BCUT2D eigenvalue weighted by atomic mass is 16.6. The van der Waals surface area contributed by atoms with Gasteiger partial charge >= 0.3 is 0 Å². The Bertz CT molecular complexity index is 832. The van der Waals surface area contributed by atoms with Gasteiger partial charge in [0.1, 0.15) is 0 Å². The van der Waals surface area contributed by atoms with Crippen molar-refractivity contribution in [3.05, 3.63) is 64.2 Å². The molecule has 2 amide bonds. The van der Waals surface area contributed by atoms with Crippen molar-refractivity contribution >= 4 is 28.9 Å². The van der Waals surface area contributed by atoms with Crippen molar-refractivity contribution in [3.63, 3.8) is 0 Å². The standard InChI is InChI=1S/C18H17N3O4/c1-12-4-2-3-5-16(12)19-18(23)13-10-17(22)20(11-13)14-6-8-15(9-7-14)21(24)25/h2-9,13H,10-11H2,1H3,(H,19,23)/t13-/m0/s1. The summed E-state index contributed by atoms with van der Waals surface area (Å²) < 4.78 is 0. The van der Waals surface area contributed by atoms with E-state index in [9.17, 15) is 19.7 Å². The van der Waals surface area contributed by atoms with Gasteiger partial charge < -0.3 is 10.2 Å². The zero-order chi connectivity index (χ0) is 18.0. The van der Waals surface area contributed by atoms with Crippen molar-refractivity contribution < 1.29 is 14.5 Å². The summed E-state index contributed by atoms with van der Waals surface area (Å²) in [6.07, 6.45) is 0.120. The van der Waals surface area contributed by atoms with Crippen LogP contribution in [0, 0.1) is 23.0 Å². The number of hydrogen-bond donors (Lipinski definition) is 1. The van der Waals surface area contributed by atoms with Gasteiger partial charge in [-0.3, -0.25) is 19.7 Å². The number of non-ortho nitro benzene ring substituents is 1. The molecule has 1 aliphatic rings. The van der Waals surface area contributed by atoms with E-state index in [-0.39, 0.29) is 30.5 Å². The molecule has 0 spiro atoms. The third kappa shape index (κ3) is 3.50. The number of nitro benzene ring substituents is 1. The van der Waals surface area contributed by atoms with E-state index in [1.54, 1.807) is 0 Å². The highest BCUT2D eigenvalue weighted by Crippen LogP contribution is 2.27. The number of aryl methyl sites for hydroxylation is 1. The second-order valence-corrected chi connectivity index (χ2v) is 5.98. The first-order valence-corrected chi connectivity index (χ1v) is 7.87. The number of nitro groups is 1. The minimum absolute atomic E-state index is 0.0377. The normalized spacial score (nSPS) is 16.8. The summed E-state index contributed by atoms with van der Waals surface area (Å²) in [5, 5.41) is 13.6. The van der Waals surface area contributed by atoms with E-state index in [1.807, 2.05) is 31.2 Å². The van der Waals surface area contributed by atoms with Gasteiger partial charge in [0.25, 0.3) is 5.69 Å². The van der Waals surface area contributed by atoms with Crippen molar-refractivity contribution in [2.75, 3.05) is 16.8 Å². The average Bonchev–Trinajstić information content (AvgIpc) is 2.99. The van der Waals surface area contributed by atoms with Crippen molar-refractivity contribution in [2.45, 2.75) is 13.3 Å². The van der Waals surface area contributed by atoms with Crippen LogP contribution in [0.15, 0.2) is 48.5 Å². The van der Waals surface area contributed by atoms with Crippen LogP contribution in [0.4, 0.5) is 17.1 Å². The SMILES string of the molecule is Cc1ccccc1NC(=O)[C@H]1CC(=O)N(c2ccc([N+](=O)[O-])cc2)C1. The number of carbonyl (C=O) groups is 2. The van der Waals surface area contributed by atoms with E-state index in [1.165, 1.54) is 29.2 Å². The molecule has 3 rings (SSSR count). The Morgan fingerprint density at radius 2 is 1.88 bits per heavy atom. The zero-order valence-corrected chi connectivity index (χ0v) is 13.6. The maximum absolute atomic E-state index is 12.5. The van der Waals surface area contributed by atoms with Crippen LogP contribution in [0.25, 0.3) is 0 Å². The molecule has 0 aliphatic carbocycles. The van der Waals surface area contributed by atoms with E-state index in [2.05, 4.69) is 5.32 Å². The largest absolute Gasteiger partial charge is 0.326 e. The number of hydrogen-bond acceptors (Lipinski definition) is 4. The second-order valence-electron chi connectivity index (χ2n) is 5.98. The van der Waals surface area contributed by atoms with Gasteiger partial charge in [0.2, 0.25) is 11.8 Å². The average molecular weight is 339 g/mol. The van der Waals surface area contributed by atoms with Crippen molar-refractivity contribution in [1.82, 2.24) is 0 Å². The summed E-state index contributed by atoms with van der Waals surface area (Å²) in [6, 6.07) is 13.2. The molecule has 0 unspecified atom stereocenters. The Labute approximate surface area is 144 Å². The Morgan fingerprint density at radius 1 is 1.20 bits per heavy atom. The molecule has 2 aromatic rings. The maximum Gasteiger partial charge on any atom is 0.269 e. The smallest absolute Gasteiger partial charge is 0.269 e. The monoisotopic (exact) mass is 339 g/mol. The molecular formula is C18H17N3O4. The van der Waals surface area contributed by atoms with E-state index >= 15 is 0 Å². The molecule has 2 aromatic carbocycles. The van der Waals surface area contributed by atoms with Crippen LogP contribution in [0.2, 0.25) is 0 Å². The second kappa shape index (κ2) is 6.72. The molecule has 1 fully saturated rings.